The van der Waals surface area contributed by atoms with Crippen LogP contribution >= 0.6 is 0 Å². The maximum absolute atomic E-state index is 13.0. The third-order valence-electron chi connectivity index (χ3n) is 6.62. The van der Waals surface area contributed by atoms with E-state index in [0.29, 0.717) is 12.0 Å². The summed E-state index contributed by atoms with van der Waals surface area (Å²) in [7, 11) is 0. The van der Waals surface area contributed by atoms with Gasteiger partial charge in [0.2, 0.25) is 0 Å². The molecule has 7 nitrogen and oxygen atoms in total. The molecule has 28 heavy (non-hydrogen) atoms. The van der Waals surface area contributed by atoms with Gasteiger partial charge in [0.05, 0.1) is 0 Å². The van der Waals surface area contributed by atoms with Crippen LogP contribution < -0.4 is 5.73 Å². The number of ether oxygens (including phenoxy) is 1. The number of urea groups is 1. The monoisotopic (exact) mass is 394 g/mol. The zero-order chi connectivity index (χ0) is 20.4. The van der Waals surface area contributed by atoms with E-state index in [9.17, 15) is 9.59 Å². The Kier molecular flexibility index (Phi) is 6.42. The molecule has 2 saturated heterocycles. The zero-order valence-electron chi connectivity index (χ0n) is 17.9. The maximum Gasteiger partial charge on any atom is 0.410 e. The van der Waals surface area contributed by atoms with E-state index in [4.69, 9.17) is 10.5 Å². The van der Waals surface area contributed by atoms with E-state index in [2.05, 4.69) is 4.90 Å². The van der Waals surface area contributed by atoms with Crippen LogP contribution in [0.4, 0.5) is 9.59 Å². The summed E-state index contributed by atoms with van der Waals surface area (Å²) < 4.78 is 5.77. The van der Waals surface area contributed by atoms with Crippen LogP contribution in [0, 0.1) is 5.41 Å². The van der Waals surface area contributed by atoms with Gasteiger partial charge in [-0.3, -0.25) is 4.90 Å². The molecule has 3 rings (SSSR count). The molecule has 2 heterocycles. The number of amides is 3. The van der Waals surface area contributed by atoms with Gasteiger partial charge in [-0.1, -0.05) is 12.8 Å². The molecule has 3 fully saturated rings. The first-order valence-corrected chi connectivity index (χ1v) is 10.9. The largest absolute Gasteiger partial charge is 0.444 e. The van der Waals surface area contributed by atoms with Crippen molar-refractivity contribution in [1.82, 2.24) is 14.7 Å². The molecule has 1 spiro atoms. The van der Waals surface area contributed by atoms with Gasteiger partial charge in [-0.2, -0.15) is 0 Å². The lowest BCUT2D eigenvalue weighted by Crippen LogP contribution is -2.55. The van der Waals surface area contributed by atoms with Crippen LogP contribution in [-0.2, 0) is 4.74 Å². The second-order valence-corrected chi connectivity index (χ2v) is 9.99. The summed E-state index contributed by atoms with van der Waals surface area (Å²) in [5, 5.41) is 0. The highest BCUT2D eigenvalue weighted by Gasteiger charge is 2.44. The molecule has 2 aliphatic heterocycles. The SMILES string of the molecule is CC(C)(C)OC(=O)N1CC2(CCCC2)CCC1CN1CCCN(C(N)=O)CC1. The first-order chi connectivity index (χ1) is 13.2. The Hall–Kier alpha value is -1.50. The lowest BCUT2D eigenvalue weighted by molar-refractivity contribution is -0.0183. The van der Waals surface area contributed by atoms with Gasteiger partial charge in [-0.25, -0.2) is 9.59 Å². The number of piperidine rings is 1. The maximum atomic E-state index is 13.0. The molecule has 0 radical (unpaired) electrons. The Balaban J connectivity index is 1.67. The summed E-state index contributed by atoms with van der Waals surface area (Å²) in [4.78, 5) is 30.6. The molecule has 7 heteroatoms. The van der Waals surface area contributed by atoms with E-state index in [1.54, 1.807) is 4.90 Å². The Bertz CT molecular complexity index is 568. The van der Waals surface area contributed by atoms with Crippen LogP contribution in [-0.4, -0.2) is 77.7 Å². The van der Waals surface area contributed by atoms with Crippen LogP contribution in [0.15, 0.2) is 0 Å². The molecule has 3 amide bonds. The highest BCUT2D eigenvalue weighted by Crippen LogP contribution is 2.46. The molecule has 0 aromatic heterocycles. The average Bonchev–Trinajstić information content (AvgIpc) is 2.91. The second-order valence-electron chi connectivity index (χ2n) is 9.99. The van der Waals surface area contributed by atoms with Crippen molar-refractivity contribution in [2.45, 2.75) is 77.4 Å². The van der Waals surface area contributed by atoms with Crippen molar-refractivity contribution < 1.29 is 14.3 Å². The molecule has 0 bridgehead atoms. The van der Waals surface area contributed by atoms with Crippen molar-refractivity contribution in [3.63, 3.8) is 0 Å². The van der Waals surface area contributed by atoms with Gasteiger partial charge < -0.3 is 20.3 Å². The lowest BCUT2D eigenvalue weighted by Gasteiger charge is -2.46. The number of hydrogen-bond donors (Lipinski definition) is 1. The average molecular weight is 395 g/mol. The van der Waals surface area contributed by atoms with Gasteiger partial charge in [0.25, 0.3) is 0 Å². The van der Waals surface area contributed by atoms with Gasteiger partial charge >= 0.3 is 12.1 Å². The smallest absolute Gasteiger partial charge is 0.410 e. The number of nitrogens with two attached hydrogens (primary N) is 1. The quantitative estimate of drug-likeness (QED) is 0.781. The van der Waals surface area contributed by atoms with E-state index < -0.39 is 5.60 Å². The molecule has 2 N–H and O–H groups in total. The summed E-state index contributed by atoms with van der Waals surface area (Å²) >= 11 is 0. The third kappa shape index (κ3) is 5.31. The van der Waals surface area contributed by atoms with Gasteiger partial charge in [0, 0.05) is 38.8 Å². The number of nitrogens with zero attached hydrogens (tertiary/aromatic N) is 3. The number of carbonyl (C=O) groups excluding carboxylic acids is 2. The van der Waals surface area contributed by atoms with Crippen LogP contribution in [0.1, 0.15) is 65.7 Å². The van der Waals surface area contributed by atoms with E-state index in [1.165, 1.54) is 32.1 Å². The molecule has 1 unspecified atom stereocenters. The highest BCUT2D eigenvalue weighted by molar-refractivity contribution is 5.72. The molecular formula is C21H38N4O3. The minimum absolute atomic E-state index is 0.169. The molecule has 160 valence electrons. The van der Waals surface area contributed by atoms with Crippen molar-refractivity contribution in [2.75, 3.05) is 39.3 Å². The van der Waals surface area contributed by atoms with Crippen molar-refractivity contribution >= 4 is 12.1 Å². The lowest BCUT2D eigenvalue weighted by atomic mass is 9.76. The molecule has 1 saturated carbocycles. The summed E-state index contributed by atoms with van der Waals surface area (Å²) in [6.45, 7) is 10.6. The van der Waals surface area contributed by atoms with E-state index in [-0.39, 0.29) is 18.2 Å². The fraction of sp³-hybridized carbons (Fsp3) is 0.905. The zero-order valence-corrected chi connectivity index (χ0v) is 17.9. The topological polar surface area (TPSA) is 79.1 Å². The van der Waals surface area contributed by atoms with Crippen molar-refractivity contribution in [3.05, 3.63) is 0 Å². The van der Waals surface area contributed by atoms with Crippen molar-refractivity contribution in [2.24, 2.45) is 11.1 Å². The number of likely N-dealkylation sites (tertiary alicyclic amines) is 1. The fourth-order valence-corrected chi connectivity index (χ4v) is 5.13. The minimum atomic E-state index is -0.480. The van der Waals surface area contributed by atoms with Crippen molar-refractivity contribution in [3.8, 4) is 0 Å². The Morgan fingerprint density at radius 3 is 2.39 bits per heavy atom. The number of carbonyl (C=O) groups is 2. The molecule has 1 atom stereocenters. The highest BCUT2D eigenvalue weighted by atomic mass is 16.6. The molecule has 0 aromatic rings. The predicted molar refractivity (Wildman–Crippen MR) is 109 cm³/mol. The van der Waals surface area contributed by atoms with Gasteiger partial charge in [0.1, 0.15) is 5.60 Å². The summed E-state index contributed by atoms with van der Waals surface area (Å²) in [5.41, 5.74) is 5.27. The molecule has 0 aromatic carbocycles. The number of hydrogen-bond acceptors (Lipinski definition) is 4. The van der Waals surface area contributed by atoms with Gasteiger partial charge in [-0.05, 0) is 64.8 Å². The minimum Gasteiger partial charge on any atom is -0.444 e. The van der Waals surface area contributed by atoms with Gasteiger partial charge in [0.15, 0.2) is 0 Å². The van der Waals surface area contributed by atoms with E-state index in [1.807, 2.05) is 25.7 Å². The fourth-order valence-electron chi connectivity index (χ4n) is 5.13. The molecule has 3 aliphatic rings. The van der Waals surface area contributed by atoms with E-state index in [0.717, 1.165) is 45.6 Å². The van der Waals surface area contributed by atoms with Crippen molar-refractivity contribution in [1.29, 1.82) is 0 Å². The number of primary amides is 1. The second kappa shape index (κ2) is 8.47. The third-order valence-corrected chi connectivity index (χ3v) is 6.62. The van der Waals surface area contributed by atoms with Crippen LogP contribution in [0.2, 0.25) is 0 Å². The Morgan fingerprint density at radius 1 is 1.04 bits per heavy atom. The Morgan fingerprint density at radius 2 is 1.75 bits per heavy atom. The van der Waals surface area contributed by atoms with E-state index >= 15 is 0 Å². The summed E-state index contributed by atoms with van der Waals surface area (Å²) in [5.74, 6) is 0. The first-order valence-electron chi connectivity index (χ1n) is 10.9. The molecule has 1 aliphatic carbocycles. The first kappa shape index (κ1) is 21.2. The number of rotatable bonds is 2. The molecular weight excluding hydrogens is 356 g/mol. The standard InChI is InChI=1S/C21H38N4O3/c1-20(2,3)28-19(27)25-16-21(8-4-5-9-21)10-7-17(25)15-23-11-6-12-24(14-13-23)18(22)26/h17H,4-16H2,1-3H3,(H2,22,26). The summed E-state index contributed by atoms with van der Waals surface area (Å²) in [6, 6.07) is -0.153. The van der Waals surface area contributed by atoms with Crippen LogP contribution in [0.25, 0.3) is 0 Å². The predicted octanol–water partition coefficient (Wildman–Crippen LogP) is 3.03. The normalized spacial score (nSPS) is 26.3. The summed E-state index contributed by atoms with van der Waals surface area (Å²) in [6.07, 6.45) is 8.02. The Labute approximate surface area is 169 Å². The van der Waals surface area contributed by atoms with Crippen LogP contribution in [0.3, 0.4) is 0 Å². The van der Waals surface area contributed by atoms with Gasteiger partial charge in [-0.15, -0.1) is 0 Å². The van der Waals surface area contributed by atoms with Crippen LogP contribution in [0.5, 0.6) is 0 Å².